The molecule has 7 heteroatoms. The van der Waals surface area contributed by atoms with Crippen LogP contribution in [0.25, 0.3) is 42.8 Å². The van der Waals surface area contributed by atoms with Gasteiger partial charge in [0.15, 0.2) is 0 Å². The van der Waals surface area contributed by atoms with Crippen molar-refractivity contribution in [3.05, 3.63) is 107 Å². The van der Waals surface area contributed by atoms with Crippen LogP contribution in [0.4, 0.5) is 4.39 Å². The van der Waals surface area contributed by atoms with E-state index in [0.29, 0.717) is 11.6 Å². The summed E-state index contributed by atoms with van der Waals surface area (Å²) in [6.45, 7) is 12.9. The third-order valence-corrected chi connectivity index (χ3v) is 10.4. The van der Waals surface area contributed by atoms with Gasteiger partial charge in [-0.05, 0) is 65.0 Å². The smallest absolute Gasteiger partial charge is 0.113 e. The average Bonchev–Trinajstić information content (AvgIpc) is 3.34. The molecule has 4 aromatic heterocycles. The molecule has 0 saturated heterocycles. The van der Waals surface area contributed by atoms with E-state index in [9.17, 15) is 4.39 Å². The summed E-state index contributed by atoms with van der Waals surface area (Å²) >= 11 is 1.72. The molecule has 0 N–H and O–H groups in total. The largest absolute Gasteiger partial charge is 0.305 e. The van der Waals surface area contributed by atoms with Gasteiger partial charge >= 0.3 is 0 Å². The SMILES string of the molecule is Cc1ccnc(-c2[c-]ccc3c2sc2nc(C)ccc23)c1.[2H]C([2H])([2H])c1c[c-]c(-c2cc(CC(C)C)c([Si](C)(C)C)cn2)c(F)c1.[Ir]. The number of hydrogen-bond acceptors (Lipinski definition) is 4. The van der Waals surface area contributed by atoms with Crippen LogP contribution >= 0.6 is 11.3 Å². The van der Waals surface area contributed by atoms with Gasteiger partial charge < -0.3 is 9.97 Å². The summed E-state index contributed by atoms with van der Waals surface area (Å²) in [6.07, 6.45) is 4.63. The molecular formula is C37H38FIrN3SSi-2. The average molecular weight is 799 g/mol. The normalized spacial score (nSPS) is 12.7. The third kappa shape index (κ3) is 7.58. The van der Waals surface area contributed by atoms with Crippen LogP contribution in [-0.4, -0.2) is 23.0 Å². The van der Waals surface area contributed by atoms with Crippen LogP contribution in [0.1, 0.15) is 40.3 Å². The Morgan fingerprint density at radius 3 is 2.39 bits per heavy atom. The monoisotopic (exact) mass is 799 g/mol. The first kappa shape index (κ1) is 29.6. The first-order valence-electron chi connectivity index (χ1n) is 16.0. The molecule has 0 aliphatic rings. The molecular weight excluding hydrogens is 758 g/mol. The van der Waals surface area contributed by atoms with E-state index in [2.05, 4.69) is 91.8 Å². The Hall–Kier alpha value is -3.09. The molecule has 0 spiro atoms. The van der Waals surface area contributed by atoms with Crippen molar-refractivity contribution in [1.29, 1.82) is 0 Å². The minimum atomic E-state index is -2.34. The maximum absolute atomic E-state index is 14.5. The van der Waals surface area contributed by atoms with Crippen LogP contribution in [0.5, 0.6) is 0 Å². The molecule has 0 amide bonds. The van der Waals surface area contributed by atoms with Crippen molar-refractivity contribution in [2.24, 2.45) is 5.92 Å². The van der Waals surface area contributed by atoms with E-state index in [1.165, 1.54) is 37.9 Å². The Labute approximate surface area is 283 Å². The van der Waals surface area contributed by atoms with Gasteiger partial charge in [-0.15, -0.1) is 47.5 Å². The molecule has 229 valence electrons. The van der Waals surface area contributed by atoms with E-state index < -0.39 is 20.7 Å². The van der Waals surface area contributed by atoms with Crippen molar-refractivity contribution in [3.8, 4) is 22.5 Å². The molecule has 4 heterocycles. The summed E-state index contributed by atoms with van der Waals surface area (Å²) < 4.78 is 37.9. The fourth-order valence-corrected chi connectivity index (χ4v) is 7.98. The van der Waals surface area contributed by atoms with Crippen molar-refractivity contribution >= 4 is 44.9 Å². The first-order valence-corrected chi connectivity index (χ1v) is 18.8. The number of hydrogen-bond donors (Lipinski definition) is 0. The molecule has 0 aliphatic carbocycles. The summed E-state index contributed by atoms with van der Waals surface area (Å²) in [5.41, 5.74) is 6.18. The van der Waals surface area contributed by atoms with E-state index in [4.69, 9.17) is 4.11 Å². The quantitative estimate of drug-likeness (QED) is 0.129. The molecule has 0 atom stereocenters. The minimum Gasteiger partial charge on any atom is -0.305 e. The topological polar surface area (TPSA) is 38.7 Å². The van der Waals surface area contributed by atoms with Crippen LogP contribution in [0, 0.1) is 44.6 Å². The van der Waals surface area contributed by atoms with Crippen molar-refractivity contribution in [1.82, 2.24) is 15.0 Å². The predicted octanol–water partition coefficient (Wildman–Crippen LogP) is 9.67. The fourth-order valence-electron chi connectivity index (χ4n) is 5.16. The number of thiophene rings is 1. The van der Waals surface area contributed by atoms with Crippen LogP contribution < -0.4 is 5.19 Å². The van der Waals surface area contributed by atoms with Crippen LogP contribution in [0.3, 0.4) is 0 Å². The molecule has 6 aromatic rings. The molecule has 2 aromatic carbocycles. The number of benzene rings is 2. The molecule has 44 heavy (non-hydrogen) atoms. The molecule has 0 unspecified atom stereocenters. The van der Waals surface area contributed by atoms with Gasteiger partial charge in [0.25, 0.3) is 0 Å². The molecule has 3 nitrogen and oxygen atoms in total. The summed E-state index contributed by atoms with van der Waals surface area (Å²) in [5.74, 6) is -0.116. The number of pyridine rings is 3. The van der Waals surface area contributed by atoms with E-state index >= 15 is 0 Å². The zero-order valence-electron chi connectivity index (χ0n) is 29.1. The maximum atomic E-state index is 14.5. The first-order chi connectivity index (χ1) is 21.6. The molecule has 6 rings (SSSR count). The Morgan fingerprint density at radius 2 is 1.70 bits per heavy atom. The number of aryl methyl sites for hydroxylation is 3. The van der Waals surface area contributed by atoms with Gasteiger partial charge in [-0.1, -0.05) is 80.6 Å². The van der Waals surface area contributed by atoms with E-state index in [1.54, 1.807) is 11.3 Å². The predicted molar refractivity (Wildman–Crippen MR) is 183 cm³/mol. The minimum absolute atomic E-state index is 0. The molecule has 0 bridgehead atoms. The summed E-state index contributed by atoms with van der Waals surface area (Å²) in [4.78, 5) is 14.7. The van der Waals surface area contributed by atoms with Gasteiger partial charge in [0.05, 0.1) is 8.07 Å². The standard InChI is InChI=1S/C19H25FNSi.C18H13N2S.Ir/c1-13(2)9-15-11-18(21-12-19(15)22(4,5)6)16-8-7-14(3)10-17(16)20;1-11-8-9-19-16(10-11)15-5-3-4-13-14-7-6-12(2)20-18(14)21-17(13)15;/h7,10-13H,9H2,1-6H3;3-4,6-10H,1-2H3;/q2*-1;/i3D3;;. The zero-order chi connectivity index (χ0) is 33.4. The fraction of sp³-hybridized carbons (Fsp3) is 0.270. The molecule has 1 radical (unpaired) electrons. The summed E-state index contributed by atoms with van der Waals surface area (Å²) in [7, 11) is -1.56. The molecule has 0 saturated carbocycles. The molecule has 0 aliphatic heterocycles. The second-order valence-electron chi connectivity index (χ2n) is 12.4. The Kier molecular flexibility index (Phi) is 9.36. The maximum Gasteiger partial charge on any atom is 0.113 e. The second-order valence-corrected chi connectivity index (χ2v) is 18.4. The number of aromatic nitrogens is 3. The number of nitrogens with zero attached hydrogens (tertiary/aromatic N) is 3. The number of fused-ring (bicyclic) bond motifs is 3. The van der Waals surface area contributed by atoms with Gasteiger partial charge in [-0.3, -0.25) is 4.39 Å². The van der Waals surface area contributed by atoms with Gasteiger partial charge in [-0.25, -0.2) is 4.98 Å². The van der Waals surface area contributed by atoms with Crippen LogP contribution in [0.2, 0.25) is 19.6 Å². The van der Waals surface area contributed by atoms with Gasteiger partial charge in [-0.2, -0.15) is 11.3 Å². The molecule has 0 fully saturated rings. The van der Waals surface area contributed by atoms with Crippen LogP contribution in [0.15, 0.2) is 67.0 Å². The van der Waals surface area contributed by atoms with Crippen molar-refractivity contribution in [2.75, 3.05) is 0 Å². The summed E-state index contributed by atoms with van der Waals surface area (Å²) in [6, 6.07) is 22.9. The van der Waals surface area contributed by atoms with Gasteiger partial charge in [0.2, 0.25) is 0 Å². The van der Waals surface area contributed by atoms with E-state index in [-0.39, 0.29) is 31.2 Å². The zero-order valence-corrected chi connectivity index (χ0v) is 30.3. The van der Waals surface area contributed by atoms with Gasteiger partial charge in [0.1, 0.15) is 4.83 Å². The summed E-state index contributed by atoms with van der Waals surface area (Å²) in [5, 5.41) is 3.73. The second kappa shape index (κ2) is 13.9. The Bertz CT molecular complexity index is 2040. The van der Waals surface area contributed by atoms with Crippen molar-refractivity contribution in [2.45, 2.75) is 60.6 Å². The number of rotatable bonds is 5. The van der Waals surface area contributed by atoms with Crippen molar-refractivity contribution < 1.29 is 28.6 Å². The Morgan fingerprint density at radius 1 is 0.932 bits per heavy atom. The Balaban J connectivity index is 0.000000210. The van der Waals surface area contributed by atoms with E-state index in [0.717, 1.165) is 34.3 Å². The van der Waals surface area contributed by atoms with E-state index in [1.807, 2.05) is 37.5 Å². The van der Waals surface area contributed by atoms with Gasteiger partial charge in [0, 0.05) is 48.1 Å². The third-order valence-electron chi connectivity index (χ3n) is 7.18. The van der Waals surface area contributed by atoms with Crippen LogP contribution in [-0.2, 0) is 26.5 Å². The van der Waals surface area contributed by atoms with Crippen molar-refractivity contribution in [3.63, 3.8) is 0 Å². The number of halogens is 1.